The molecule has 0 fully saturated rings. The molecule has 0 bridgehead atoms. The van der Waals surface area contributed by atoms with Gasteiger partial charge in [-0.2, -0.15) is 0 Å². The number of anilines is 4. The Hall–Kier alpha value is -5.86. The minimum absolute atomic E-state index is 0.0872. The third-order valence-electron chi connectivity index (χ3n) is 13.4. The summed E-state index contributed by atoms with van der Waals surface area (Å²) in [5, 5.41) is 2.94. The summed E-state index contributed by atoms with van der Waals surface area (Å²) >= 11 is 0. The summed E-state index contributed by atoms with van der Waals surface area (Å²) in [5.74, 6) is 0.594. The van der Waals surface area contributed by atoms with Crippen molar-refractivity contribution in [2.24, 2.45) is 5.92 Å². The first-order chi connectivity index (χ1) is 27.1. The SMILES string of the molecule is Cc1cccc(N(C2=CC3C(C=C2)c2ccc4c5c(ccc(c25)C3(C)C)C(C)(C)C2=C4C=CC(N(c3ccccc3)c3cccc(C)c3)C2)c2ccccc2)c1. The van der Waals surface area contributed by atoms with Crippen molar-refractivity contribution in [2.75, 3.05) is 9.80 Å². The fourth-order valence-corrected chi connectivity index (χ4v) is 10.6. The fourth-order valence-electron chi connectivity index (χ4n) is 10.6. The molecule has 56 heavy (non-hydrogen) atoms. The molecule has 6 aromatic rings. The van der Waals surface area contributed by atoms with E-state index in [9.17, 15) is 0 Å². The van der Waals surface area contributed by atoms with E-state index in [-0.39, 0.29) is 16.9 Å². The summed E-state index contributed by atoms with van der Waals surface area (Å²) in [6.07, 6.45) is 13.4. The first-order valence-electron chi connectivity index (χ1n) is 20.4. The van der Waals surface area contributed by atoms with Gasteiger partial charge in [0, 0.05) is 39.8 Å². The zero-order valence-corrected chi connectivity index (χ0v) is 33.4. The third kappa shape index (κ3) is 5.29. The van der Waals surface area contributed by atoms with Gasteiger partial charge < -0.3 is 9.80 Å². The molecular formula is C54H50N2. The number of nitrogens with zero attached hydrogens (tertiary/aromatic N) is 2. The van der Waals surface area contributed by atoms with E-state index in [1.165, 1.54) is 83.7 Å². The van der Waals surface area contributed by atoms with Gasteiger partial charge in [0.05, 0.1) is 6.04 Å². The van der Waals surface area contributed by atoms with Crippen molar-refractivity contribution in [1.29, 1.82) is 0 Å². The topological polar surface area (TPSA) is 6.48 Å². The molecule has 0 spiro atoms. The average molecular weight is 727 g/mol. The number of benzene rings is 6. The molecule has 4 aliphatic rings. The normalized spacial score (nSPS) is 21.0. The Morgan fingerprint density at radius 3 is 1.93 bits per heavy atom. The highest BCUT2D eigenvalue weighted by Gasteiger charge is 2.46. The Balaban J connectivity index is 1.07. The fraction of sp³-hybridized carbons (Fsp3) is 0.222. The molecular weight excluding hydrogens is 677 g/mol. The van der Waals surface area contributed by atoms with E-state index in [2.05, 4.69) is 215 Å². The predicted octanol–water partition coefficient (Wildman–Crippen LogP) is 14.0. The number of aryl methyl sites for hydroxylation is 2. The van der Waals surface area contributed by atoms with Gasteiger partial charge >= 0.3 is 0 Å². The van der Waals surface area contributed by atoms with E-state index in [0.29, 0.717) is 11.8 Å². The van der Waals surface area contributed by atoms with Gasteiger partial charge in [-0.1, -0.05) is 137 Å². The van der Waals surface area contributed by atoms with Crippen LogP contribution in [-0.4, -0.2) is 6.04 Å². The monoisotopic (exact) mass is 726 g/mol. The molecule has 3 unspecified atom stereocenters. The molecule has 0 saturated heterocycles. The molecule has 0 aliphatic heterocycles. The largest absolute Gasteiger partial charge is 0.334 e. The lowest BCUT2D eigenvalue weighted by Crippen LogP contribution is -2.39. The number of allylic oxidation sites excluding steroid dienone is 5. The van der Waals surface area contributed by atoms with Crippen LogP contribution in [0.2, 0.25) is 0 Å². The van der Waals surface area contributed by atoms with Crippen LogP contribution in [0.3, 0.4) is 0 Å². The van der Waals surface area contributed by atoms with Gasteiger partial charge in [-0.05, 0) is 142 Å². The van der Waals surface area contributed by atoms with Crippen molar-refractivity contribution in [1.82, 2.24) is 0 Å². The highest BCUT2D eigenvalue weighted by molar-refractivity contribution is 6.07. The van der Waals surface area contributed by atoms with Crippen molar-refractivity contribution < 1.29 is 0 Å². The van der Waals surface area contributed by atoms with E-state index < -0.39 is 0 Å². The van der Waals surface area contributed by atoms with E-state index in [1.54, 1.807) is 0 Å². The van der Waals surface area contributed by atoms with Crippen molar-refractivity contribution in [3.05, 3.63) is 208 Å². The van der Waals surface area contributed by atoms with E-state index in [0.717, 1.165) is 6.42 Å². The van der Waals surface area contributed by atoms with Gasteiger partial charge in [-0.25, -0.2) is 0 Å². The van der Waals surface area contributed by atoms with E-state index in [4.69, 9.17) is 0 Å². The number of hydrogen-bond acceptors (Lipinski definition) is 2. The number of rotatable bonds is 6. The van der Waals surface area contributed by atoms with Crippen molar-refractivity contribution >= 4 is 39.1 Å². The first kappa shape index (κ1) is 34.6. The molecule has 2 heteroatoms. The molecule has 276 valence electrons. The highest BCUT2D eigenvalue weighted by atomic mass is 15.2. The first-order valence-corrected chi connectivity index (χ1v) is 20.4. The average Bonchev–Trinajstić information content (AvgIpc) is 3.20. The zero-order valence-electron chi connectivity index (χ0n) is 33.4. The zero-order chi connectivity index (χ0) is 38.3. The molecule has 0 radical (unpaired) electrons. The molecule has 10 rings (SSSR count). The lowest BCUT2D eigenvalue weighted by Gasteiger charge is -2.48. The van der Waals surface area contributed by atoms with Crippen molar-refractivity contribution in [2.45, 2.75) is 70.8 Å². The van der Waals surface area contributed by atoms with Crippen LogP contribution >= 0.6 is 0 Å². The lowest BCUT2D eigenvalue weighted by molar-refractivity contribution is 0.343. The quantitative estimate of drug-likeness (QED) is 0.169. The molecule has 0 aromatic heterocycles. The maximum absolute atomic E-state index is 2.57. The van der Waals surface area contributed by atoms with Crippen molar-refractivity contribution in [3.8, 4) is 0 Å². The van der Waals surface area contributed by atoms with Gasteiger partial charge in [0.15, 0.2) is 0 Å². The maximum atomic E-state index is 2.57. The summed E-state index contributed by atoms with van der Waals surface area (Å²) in [5.41, 5.74) is 17.1. The third-order valence-corrected chi connectivity index (χ3v) is 13.4. The van der Waals surface area contributed by atoms with Crippen LogP contribution < -0.4 is 9.80 Å². The summed E-state index contributed by atoms with van der Waals surface area (Å²) in [6, 6.07) is 49.7. The molecule has 2 nitrogen and oxygen atoms in total. The second kappa shape index (κ2) is 12.8. The molecule has 0 N–H and O–H groups in total. The highest BCUT2D eigenvalue weighted by Crippen LogP contribution is 2.58. The summed E-state index contributed by atoms with van der Waals surface area (Å²) in [4.78, 5) is 4.97. The minimum atomic E-state index is -0.127. The number of para-hydroxylation sites is 2. The number of hydrogen-bond donors (Lipinski definition) is 0. The van der Waals surface area contributed by atoms with Gasteiger partial charge in [0.25, 0.3) is 0 Å². The molecule has 0 heterocycles. The van der Waals surface area contributed by atoms with Gasteiger partial charge in [-0.15, -0.1) is 0 Å². The summed E-state index contributed by atoms with van der Waals surface area (Å²) in [7, 11) is 0. The number of fused-ring (bicyclic) bond motifs is 3. The van der Waals surface area contributed by atoms with Crippen LogP contribution in [0.5, 0.6) is 0 Å². The maximum Gasteiger partial charge on any atom is 0.0563 e. The van der Waals surface area contributed by atoms with Crippen LogP contribution in [0.4, 0.5) is 22.7 Å². The van der Waals surface area contributed by atoms with Gasteiger partial charge in [0.2, 0.25) is 0 Å². The molecule has 0 saturated carbocycles. The molecule has 4 aliphatic carbocycles. The van der Waals surface area contributed by atoms with Gasteiger partial charge in [-0.3, -0.25) is 0 Å². The predicted molar refractivity (Wildman–Crippen MR) is 237 cm³/mol. The Morgan fingerprint density at radius 2 is 1.21 bits per heavy atom. The molecule has 6 aromatic carbocycles. The van der Waals surface area contributed by atoms with Crippen LogP contribution in [-0.2, 0) is 10.8 Å². The summed E-state index contributed by atoms with van der Waals surface area (Å²) in [6.45, 7) is 14.3. The van der Waals surface area contributed by atoms with Crippen molar-refractivity contribution in [3.63, 3.8) is 0 Å². The molecule has 0 amide bonds. The Bertz CT molecular complexity index is 2650. The Kier molecular flexibility index (Phi) is 7.94. The Morgan fingerprint density at radius 1 is 0.571 bits per heavy atom. The van der Waals surface area contributed by atoms with Crippen LogP contribution in [0.1, 0.15) is 73.4 Å². The second-order valence-corrected chi connectivity index (χ2v) is 17.5. The van der Waals surface area contributed by atoms with E-state index >= 15 is 0 Å². The smallest absolute Gasteiger partial charge is 0.0563 e. The minimum Gasteiger partial charge on any atom is -0.334 e. The van der Waals surface area contributed by atoms with Crippen LogP contribution in [0.15, 0.2) is 175 Å². The van der Waals surface area contributed by atoms with E-state index in [1.807, 2.05) is 0 Å². The standard InChI is InChI=1S/C54H50N2/c1-35-15-13-21-39(31-35)55(37-17-9-7-10-18-37)41-23-25-43-45-27-28-46-44-26-24-42(56(38-19-11-8-12-20-38)40-22-14-16-36(2)32-40)34-50(44)54(5,6)48-30-29-47(51(45)52(46)48)53(3,4)49(43)33-41/h7-33,42-43,49H,34H2,1-6H3. The van der Waals surface area contributed by atoms with Crippen LogP contribution in [0.25, 0.3) is 16.3 Å². The van der Waals surface area contributed by atoms with Gasteiger partial charge in [0.1, 0.15) is 0 Å². The summed E-state index contributed by atoms with van der Waals surface area (Å²) < 4.78 is 0. The lowest BCUT2D eigenvalue weighted by atomic mass is 9.57. The molecule has 3 atom stereocenters. The Labute approximate surface area is 332 Å². The van der Waals surface area contributed by atoms with Crippen LogP contribution in [0, 0.1) is 19.8 Å². The second-order valence-electron chi connectivity index (χ2n) is 17.5.